The minimum absolute atomic E-state index is 0.207. The monoisotopic (exact) mass is 179 g/mol. The topological polar surface area (TPSA) is 54.7 Å². The maximum Gasteiger partial charge on any atom is 0.126 e. The fraction of sp³-hybridized carbons (Fsp3) is 0.700. The Hall–Kier alpha value is -0.830. The minimum Gasteiger partial charge on any atom is -0.347 e. The molecule has 1 heterocycles. The van der Waals surface area contributed by atoms with Gasteiger partial charge in [0.2, 0.25) is 0 Å². The van der Waals surface area contributed by atoms with Gasteiger partial charge in [-0.2, -0.15) is 0 Å². The molecule has 0 spiro atoms. The van der Waals surface area contributed by atoms with Gasteiger partial charge in [0.05, 0.1) is 5.54 Å². The van der Waals surface area contributed by atoms with Gasteiger partial charge >= 0.3 is 0 Å². The number of hydrogen-bond acceptors (Lipinski definition) is 2. The predicted molar refractivity (Wildman–Crippen MR) is 52.1 cm³/mol. The lowest BCUT2D eigenvalue weighted by Gasteiger charge is -2.37. The Kier molecular flexibility index (Phi) is 2.12. The standard InChI is InChI=1S/C10H17N3/c1-8-4-2-3-5-10(8,11)9-12-6-7-13-9/h6-8H,2-5,11H2,1H3,(H,12,13)/t8-,10-/m1/s1. The van der Waals surface area contributed by atoms with Crippen molar-refractivity contribution in [1.29, 1.82) is 0 Å². The first kappa shape index (κ1) is 8.75. The van der Waals surface area contributed by atoms with E-state index in [2.05, 4.69) is 16.9 Å². The number of nitrogens with one attached hydrogen (secondary N) is 1. The smallest absolute Gasteiger partial charge is 0.126 e. The second-order valence-corrected chi connectivity index (χ2v) is 4.12. The van der Waals surface area contributed by atoms with Crippen LogP contribution in [-0.2, 0) is 5.54 Å². The minimum atomic E-state index is -0.207. The van der Waals surface area contributed by atoms with Gasteiger partial charge in [-0.3, -0.25) is 0 Å². The summed E-state index contributed by atoms with van der Waals surface area (Å²) in [6.07, 6.45) is 8.44. The van der Waals surface area contributed by atoms with Crippen LogP contribution in [0.25, 0.3) is 0 Å². The van der Waals surface area contributed by atoms with Crippen molar-refractivity contribution >= 4 is 0 Å². The summed E-state index contributed by atoms with van der Waals surface area (Å²) in [4.78, 5) is 7.42. The normalized spacial score (nSPS) is 34.8. The quantitative estimate of drug-likeness (QED) is 0.690. The molecule has 0 aromatic carbocycles. The van der Waals surface area contributed by atoms with Gasteiger partial charge in [0.25, 0.3) is 0 Å². The molecule has 0 amide bonds. The molecule has 3 heteroatoms. The van der Waals surface area contributed by atoms with Crippen LogP contribution in [0.5, 0.6) is 0 Å². The van der Waals surface area contributed by atoms with Crippen molar-refractivity contribution in [1.82, 2.24) is 9.97 Å². The van der Waals surface area contributed by atoms with Gasteiger partial charge in [0, 0.05) is 12.4 Å². The second-order valence-electron chi connectivity index (χ2n) is 4.12. The molecule has 0 saturated heterocycles. The molecule has 13 heavy (non-hydrogen) atoms. The average molecular weight is 179 g/mol. The third kappa shape index (κ3) is 1.37. The number of nitrogens with zero attached hydrogens (tertiary/aromatic N) is 1. The Bertz CT molecular complexity index is 268. The fourth-order valence-electron chi connectivity index (χ4n) is 2.24. The maximum atomic E-state index is 6.37. The van der Waals surface area contributed by atoms with E-state index in [9.17, 15) is 0 Å². The van der Waals surface area contributed by atoms with Crippen molar-refractivity contribution in [3.63, 3.8) is 0 Å². The van der Waals surface area contributed by atoms with Crippen molar-refractivity contribution in [2.45, 2.75) is 38.1 Å². The van der Waals surface area contributed by atoms with E-state index in [0.29, 0.717) is 5.92 Å². The Labute approximate surface area is 78.7 Å². The van der Waals surface area contributed by atoms with Crippen molar-refractivity contribution in [2.75, 3.05) is 0 Å². The number of aromatic nitrogens is 2. The summed E-state index contributed by atoms with van der Waals surface area (Å²) in [5.74, 6) is 1.49. The number of nitrogens with two attached hydrogens (primary N) is 1. The summed E-state index contributed by atoms with van der Waals surface area (Å²) in [6.45, 7) is 2.22. The highest BCUT2D eigenvalue weighted by Crippen LogP contribution is 2.37. The van der Waals surface area contributed by atoms with Crippen molar-refractivity contribution in [3.05, 3.63) is 18.2 Å². The highest BCUT2D eigenvalue weighted by molar-refractivity contribution is 5.08. The molecule has 3 nitrogen and oxygen atoms in total. The molecule has 0 unspecified atom stereocenters. The van der Waals surface area contributed by atoms with Gasteiger partial charge in [0.15, 0.2) is 0 Å². The number of hydrogen-bond donors (Lipinski definition) is 2. The Morgan fingerprint density at radius 2 is 2.46 bits per heavy atom. The third-order valence-electron chi connectivity index (χ3n) is 3.30. The van der Waals surface area contributed by atoms with Crippen LogP contribution in [0, 0.1) is 5.92 Å². The third-order valence-corrected chi connectivity index (χ3v) is 3.30. The first-order chi connectivity index (χ1) is 6.23. The largest absolute Gasteiger partial charge is 0.347 e. The zero-order valence-electron chi connectivity index (χ0n) is 8.09. The second kappa shape index (κ2) is 3.14. The highest BCUT2D eigenvalue weighted by atomic mass is 15.0. The lowest BCUT2D eigenvalue weighted by molar-refractivity contribution is 0.196. The van der Waals surface area contributed by atoms with Gasteiger partial charge < -0.3 is 10.7 Å². The summed E-state index contributed by atoms with van der Waals surface area (Å²) in [5.41, 5.74) is 6.17. The lowest BCUT2D eigenvalue weighted by Crippen LogP contribution is -2.46. The van der Waals surface area contributed by atoms with Crippen LogP contribution in [0.2, 0.25) is 0 Å². The molecule has 1 aliphatic rings. The van der Waals surface area contributed by atoms with E-state index < -0.39 is 0 Å². The van der Waals surface area contributed by atoms with Gasteiger partial charge in [-0.25, -0.2) is 4.98 Å². The highest BCUT2D eigenvalue weighted by Gasteiger charge is 2.37. The van der Waals surface area contributed by atoms with E-state index in [1.54, 1.807) is 6.20 Å². The molecule has 1 aromatic heterocycles. The van der Waals surface area contributed by atoms with E-state index in [1.807, 2.05) is 6.20 Å². The molecule has 72 valence electrons. The average Bonchev–Trinajstić information content (AvgIpc) is 2.63. The van der Waals surface area contributed by atoms with Crippen LogP contribution in [0.1, 0.15) is 38.4 Å². The molecular weight excluding hydrogens is 162 g/mol. The lowest BCUT2D eigenvalue weighted by atomic mass is 9.74. The molecule has 0 aliphatic heterocycles. The van der Waals surface area contributed by atoms with Gasteiger partial charge in [0.1, 0.15) is 5.82 Å². The molecule has 2 rings (SSSR count). The van der Waals surface area contributed by atoms with Gasteiger partial charge in [-0.1, -0.05) is 19.8 Å². The number of imidazole rings is 1. The van der Waals surface area contributed by atoms with Crippen molar-refractivity contribution in [2.24, 2.45) is 11.7 Å². The van der Waals surface area contributed by atoms with Gasteiger partial charge in [-0.05, 0) is 18.8 Å². The van der Waals surface area contributed by atoms with Crippen LogP contribution in [-0.4, -0.2) is 9.97 Å². The molecule has 0 bridgehead atoms. The van der Waals surface area contributed by atoms with Crippen LogP contribution in [0.3, 0.4) is 0 Å². The summed E-state index contributed by atoms with van der Waals surface area (Å²) in [6, 6.07) is 0. The molecule has 1 aromatic rings. The van der Waals surface area contributed by atoms with E-state index in [1.165, 1.54) is 19.3 Å². The van der Waals surface area contributed by atoms with E-state index in [4.69, 9.17) is 5.73 Å². The van der Waals surface area contributed by atoms with Crippen LogP contribution in [0.4, 0.5) is 0 Å². The summed E-state index contributed by atoms with van der Waals surface area (Å²) >= 11 is 0. The zero-order chi connectivity index (χ0) is 9.31. The van der Waals surface area contributed by atoms with Crippen LogP contribution in [0.15, 0.2) is 12.4 Å². The molecule has 1 saturated carbocycles. The summed E-state index contributed by atoms with van der Waals surface area (Å²) in [5, 5.41) is 0. The Morgan fingerprint density at radius 3 is 3.08 bits per heavy atom. The fourth-order valence-corrected chi connectivity index (χ4v) is 2.24. The van der Waals surface area contributed by atoms with Crippen LogP contribution >= 0.6 is 0 Å². The Morgan fingerprint density at radius 1 is 1.62 bits per heavy atom. The first-order valence-corrected chi connectivity index (χ1v) is 5.02. The molecule has 2 atom stereocenters. The van der Waals surface area contributed by atoms with Crippen LogP contribution < -0.4 is 5.73 Å². The number of H-pyrrole nitrogens is 1. The Balaban J connectivity index is 2.27. The molecule has 1 fully saturated rings. The molecular formula is C10H17N3. The van der Waals surface area contributed by atoms with Crippen molar-refractivity contribution < 1.29 is 0 Å². The van der Waals surface area contributed by atoms with E-state index >= 15 is 0 Å². The predicted octanol–water partition coefficient (Wildman–Crippen LogP) is 1.77. The number of rotatable bonds is 1. The number of aromatic amines is 1. The maximum absolute atomic E-state index is 6.37. The van der Waals surface area contributed by atoms with Crippen molar-refractivity contribution in [3.8, 4) is 0 Å². The summed E-state index contributed by atoms with van der Waals surface area (Å²) < 4.78 is 0. The molecule has 3 N–H and O–H groups in total. The SMILES string of the molecule is C[C@@H]1CCCC[C@]1(N)c1ncc[nH]1. The molecule has 1 aliphatic carbocycles. The van der Waals surface area contributed by atoms with E-state index in [0.717, 1.165) is 12.2 Å². The van der Waals surface area contributed by atoms with E-state index in [-0.39, 0.29) is 5.54 Å². The van der Waals surface area contributed by atoms with Gasteiger partial charge in [-0.15, -0.1) is 0 Å². The summed E-state index contributed by atoms with van der Waals surface area (Å²) in [7, 11) is 0. The molecule has 0 radical (unpaired) electrons. The first-order valence-electron chi connectivity index (χ1n) is 5.02. The zero-order valence-corrected chi connectivity index (χ0v) is 8.09.